The average molecular weight is 351 g/mol. The van der Waals surface area contributed by atoms with Gasteiger partial charge in [0.2, 0.25) is 0 Å². The number of hydrogen-bond donors (Lipinski definition) is 0. The molecule has 114 valence electrons. The van der Waals surface area contributed by atoms with Crippen LogP contribution in [-0.4, -0.2) is 9.13 Å². The maximum absolute atomic E-state index is 12.0. The zero-order valence-corrected chi connectivity index (χ0v) is 14.8. The van der Waals surface area contributed by atoms with Crippen LogP contribution in [0.15, 0.2) is 23.0 Å². The molecule has 1 fully saturated rings. The molecule has 4 heteroatoms. The lowest BCUT2D eigenvalue weighted by Crippen LogP contribution is -2.21. The Labute approximate surface area is 134 Å². The second-order valence-electron chi connectivity index (χ2n) is 7.04. The highest BCUT2D eigenvalue weighted by Crippen LogP contribution is 2.51. The predicted octanol–water partition coefficient (Wildman–Crippen LogP) is 4.14. The van der Waals surface area contributed by atoms with Crippen LogP contribution in [-0.2, 0) is 14.1 Å². The van der Waals surface area contributed by atoms with Gasteiger partial charge in [0.15, 0.2) is 0 Å². The van der Waals surface area contributed by atoms with Gasteiger partial charge in [-0.15, -0.1) is 0 Å². The van der Waals surface area contributed by atoms with E-state index in [1.54, 1.807) is 9.13 Å². The Balaban J connectivity index is 2.05. The summed E-state index contributed by atoms with van der Waals surface area (Å²) in [5, 5.41) is 0. The van der Waals surface area contributed by atoms with Gasteiger partial charge in [-0.1, -0.05) is 42.3 Å². The second kappa shape index (κ2) is 5.01. The van der Waals surface area contributed by atoms with Gasteiger partial charge < -0.3 is 0 Å². The van der Waals surface area contributed by atoms with E-state index in [-0.39, 0.29) is 5.69 Å². The lowest BCUT2D eigenvalue weighted by molar-refractivity contribution is 0.257. The summed E-state index contributed by atoms with van der Waals surface area (Å²) in [4.78, 5) is 12.4. The standard InChI is InChI=1S/C17H23BrN2O/c1-17(2)9-5-6-12(17)15(18)11-7-8-13-14(10-11)20(4)16(21)19(13)3/h7-8,10,12,15H,5-6,9H2,1-4H3. The van der Waals surface area contributed by atoms with Gasteiger partial charge in [0.1, 0.15) is 0 Å². The number of halogens is 1. The molecule has 0 N–H and O–H groups in total. The van der Waals surface area contributed by atoms with E-state index in [0.29, 0.717) is 16.2 Å². The fourth-order valence-electron chi connectivity index (χ4n) is 3.82. The molecule has 21 heavy (non-hydrogen) atoms. The molecule has 0 amide bonds. The molecule has 0 radical (unpaired) electrons. The van der Waals surface area contributed by atoms with Gasteiger partial charge in [-0.25, -0.2) is 4.79 Å². The molecule has 1 aliphatic carbocycles. The van der Waals surface area contributed by atoms with E-state index in [1.807, 2.05) is 14.1 Å². The molecule has 1 heterocycles. The normalized spacial score (nSPS) is 22.8. The second-order valence-corrected chi connectivity index (χ2v) is 8.02. The minimum Gasteiger partial charge on any atom is -0.295 e. The highest BCUT2D eigenvalue weighted by molar-refractivity contribution is 9.09. The molecular weight excluding hydrogens is 328 g/mol. The minimum absolute atomic E-state index is 0.0365. The molecular formula is C17H23BrN2O. The molecule has 0 bridgehead atoms. The monoisotopic (exact) mass is 350 g/mol. The van der Waals surface area contributed by atoms with Crippen LogP contribution in [0.3, 0.4) is 0 Å². The number of hydrogen-bond acceptors (Lipinski definition) is 1. The van der Waals surface area contributed by atoms with E-state index >= 15 is 0 Å². The van der Waals surface area contributed by atoms with Crippen molar-refractivity contribution in [3.63, 3.8) is 0 Å². The topological polar surface area (TPSA) is 26.9 Å². The molecule has 0 saturated heterocycles. The SMILES string of the molecule is Cn1c(=O)n(C)c2cc(C(Br)C3CCCC3(C)C)ccc21. The smallest absolute Gasteiger partial charge is 0.295 e. The summed E-state index contributed by atoms with van der Waals surface area (Å²) in [6.07, 6.45) is 3.88. The first-order chi connectivity index (χ1) is 9.83. The van der Waals surface area contributed by atoms with Gasteiger partial charge >= 0.3 is 5.69 Å². The molecule has 1 aromatic heterocycles. The van der Waals surface area contributed by atoms with Crippen molar-refractivity contribution in [2.45, 2.75) is 37.9 Å². The lowest BCUT2D eigenvalue weighted by Gasteiger charge is -2.31. The summed E-state index contributed by atoms with van der Waals surface area (Å²) in [6.45, 7) is 4.74. The molecule has 1 saturated carbocycles. The van der Waals surface area contributed by atoms with Crippen LogP contribution in [0.25, 0.3) is 11.0 Å². The highest BCUT2D eigenvalue weighted by atomic mass is 79.9. The number of aryl methyl sites for hydroxylation is 2. The molecule has 1 aliphatic rings. The number of nitrogens with zero attached hydrogens (tertiary/aromatic N) is 2. The molecule has 2 atom stereocenters. The first-order valence-electron chi connectivity index (χ1n) is 7.62. The van der Waals surface area contributed by atoms with Crippen molar-refractivity contribution in [1.29, 1.82) is 0 Å². The average Bonchev–Trinajstić information content (AvgIpc) is 2.91. The first-order valence-corrected chi connectivity index (χ1v) is 8.54. The van der Waals surface area contributed by atoms with Gasteiger partial charge in [0.25, 0.3) is 0 Å². The van der Waals surface area contributed by atoms with Crippen LogP contribution in [0, 0.1) is 11.3 Å². The summed E-state index contributed by atoms with van der Waals surface area (Å²) in [5.74, 6) is 0.649. The van der Waals surface area contributed by atoms with Crippen molar-refractivity contribution in [2.75, 3.05) is 0 Å². The largest absolute Gasteiger partial charge is 0.328 e. The van der Waals surface area contributed by atoms with Gasteiger partial charge in [-0.3, -0.25) is 9.13 Å². The van der Waals surface area contributed by atoms with Crippen LogP contribution in [0.1, 0.15) is 43.5 Å². The molecule has 1 aromatic carbocycles. The summed E-state index contributed by atoms with van der Waals surface area (Å²) >= 11 is 3.93. The van der Waals surface area contributed by atoms with Crippen molar-refractivity contribution in [3.05, 3.63) is 34.2 Å². The summed E-state index contributed by atoms with van der Waals surface area (Å²) in [6, 6.07) is 6.41. The number of benzene rings is 1. The van der Waals surface area contributed by atoms with Crippen molar-refractivity contribution in [1.82, 2.24) is 9.13 Å². The zero-order chi connectivity index (χ0) is 15.4. The van der Waals surface area contributed by atoms with E-state index in [1.165, 1.54) is 24.8 Å². The Morgan fingerprint density at radius 2 is 1.90 bits per heavy atom. The quantitative estimate of drug-likeness (QED) is 0.747. The van der Waals surface area contributed by atoms with Gasteiger partial charge in [0.05, 0.1) is 11.0 Å². The summed E-state index contributed by atoms with van der Waals surface area (Å²) in [7, 11) is 3.67. The predicted molar refractivity (Wildman–Crippen MR) is 91.0 cm³/mol. The number of aromatic nitrogens is 2. The molecule has 0 spiro atoms. The van der Waals surface area contributed by atoms with Gasteiger partial charge in [0, 0.05) is 18.9 Å². The first kappa shape index (κ1) is 14.9. The molecule has 0 aliphatic heterocycles. The fourth-order valence-corrected chi connectivity index (χ4v) is 5.09. The maximum Gasteiger partial charge on any atom is 0.328 e. The number of alkyl halides is 1. The van der Waals surface area contributed by atoms with Crippen molar-refractivity contribution >= 4 is 27.0 Å². The highest BCUT2D eigenvalue weighted by Gasteiger charge is 2.39. The fraction of sp³-hybridized carbons (Fsp3) is 0.588. The van der Waals surface area contributed by atoms with Crippen LogP contribution in [0.2, 0.25) is 0 Å². The van der Waals surface area contributed by atoms with E-state index in [2.05, 4.69) is 48.0 Å². The Kier molecular flexibility index (Phi) is 3.55. The van der Waals surface area contributed by atoms with Crippen LogP contribution >= 0.6 is 15.9 Å². The molecule has 3 nitrogen and oxygen atoms in total. The number of imidazole rings is 1. The Morgan fingerprint density at radius 3 is 2.52 bits per heavy atom. The van der Waals surface area contributed by atoms with Gasteiger partial charge in [-0.2, -0.15) is 0 Å². The zero-order valence-electron chi connectivity index (χ0n) is 13.2. The minimum atomic E-state index is 0.0365. The third kappa shape index (κ3) is 2.28. The number of rotatable bonds is 2. The third-order valence-electron chi connectivity index (χ3n) is 5.31. The lowest BCUT2D eigenvalue weighted by atomic mass is 9.78. The maximum atomic E-state index is 12.0. The van der Waals surface area contributed by atoms with Crippen molar-refractivity contribution < 1.29 is 0 Å². The van der Waals surface area contributed by atoms with E-state index in [0.717, 1.165) is 11.0 Å². The van der Waals surface area contributed by atoms with E-state index < -0.39 is 0 Å². The van der Waals surface area contributed by atoms with Crippen molar-refractivity contribution in [3.8, 4) is 0 Å². The van der Waals surface area contributed by atoms with Crippen molar-refractivity contribution in [2.24, 2.45) is 25.4 Å². The summed E-state index contributed by atoms with van der Waals surface area (Å²) in [5.41, 5.74) is 3.71. The Bertz CT molecular complexity index is 741. The Hall–Kier alpha value is -1.03. The van der Waals surface area contributed by atoms with Crippen LogP contribution < -0.4 is 5.69 Å². The molecule has 2 unspecified atom stereocenters. The van der Waals surface area contributed by atoms with E-state index in [4.69, 9.17) is 0 Å². The summed E-state index contributed by atoms with van der Waals surface area (Å²) < 4.78 is 3.44. The molecule has 3 rings (SSSR count). The molecule has 2 aromatic rings. The Morgan fingerprint density at radius 1 is 1.24 bits per heavy atom. The van der Waals surface area contributed by atoms with E-state index in [9.17, 15) is 4.79 Å². The van der Waals surface area contributed by atoms with Crippen LogP contribution in [0.4, 0.5) is 0 Å². The van der Waals surface area contributed by atoms with Gasteiger partial charge in [-0.05, 0) is 41.9 Å². The third-order valence-corrected chi connectivity index (χ3v) is 6.47. The van der Waals surface area contributed by atoms with Crippen LogP contribution in [0.5, 0.6) is 0 Å². The number of fused-ring (bicyclic) bond motifs is 1.